The van der Waals surface area contributed by atoms with E-state index in [1.807, 2.05) is 47.4 Å². The number of nitrogens with one attached hydrogen (secondary N) is 2. The summed E-state index contributed by atoms with van der Waals surface area (Å²) in [6.07, 6.45) is 1.90. The molecule has 0 spiro atoms. The van der Waals surface area contributed by atoms with Crippen molar-refractivity contribution in [2.24, 2.45) is 0 Å². The van der Waals surface area contributed by atoms with Gasteiger partial charge in [0, 0.05) is 30.5 Å². The van der Waals surface area contributed by atoms with Crippen LogP contribution in [-0.2, 0) is 0 Å². The maximum atomic E-state index is 12.4. The largest absolute Gasteiger partial charge is 0.497 e. The van der Waals surface area contributed by atoms with Gasteiger partial charge in [-0.2, -0.15) is 0 Å². The molecule has 1 aliphatic heterocycles. The van der Waals surface area contributed by atoms with Crippen molar-refractivity contribution >= 4 is 17.4 Å². The highest BCUT2D eigenvalue weighted by Gasteiger charge is 2.22. The minimum atomic E-state index is -0.0432. The summed E-state index contributed by atoms with van der Waals surface area (Å²) in [4.78, 5) is 14.2. The zero-order valence-electron chi connectivity index (χ0n) is 13.9. The molecule has 1 heterocycles. The van der Waals surface area contributed by atoms with Crippen molar-refractivity contribution in [3.05, 3.63) is 54.6 Å². The maximum Gasteiger partial charge on any atom is 0.321 e. The van der Waals surface area contributed by atoms with Crippen molar-refractivity contribution in [3.63, 3.8) is 0 Å². The molecule has 1 aliphatic rings. The van der Waals surface area contributed by atoms with Gasteiger partial charge in [0.15, 0.2) is 0 Å². The quantitative estimate of drug-likeness (QED) is 0.899. The number of nitrogens with zero attached hydrogens (tertiary/aromatic N) is 1. The van der Waals surface area contributed by atoms with Crippen LogP contribution in [-0.4, -0.2) is 37.2 Å². The number of likely N-dealkylation sites (tertiary alicyclic amines) is 1. The minimum Gasteiger partial charge on any atom is -0.497 e. The number of para-hydroxylation sites is 1. The summed E-state index contributed by atoms with van der Waals surface area (Å²) in [5.41, 5.74) is 1.92. The standard InChI is InChI=1S/C19H23N3O2/c1-24-18-9-7-16(8-10-18)21-19(23)22-13-11-17(12-14-22)20-15-5-3-2-4-6-15/h2-10,17,20H,11-14H2,1H3,(H,21,23). The molecule has 2 N–H and O–H groups in total. The molecular weight excluding hydrogens is 302 g/mol. The highest BCUT2D eigenvalue weighted by atomic mass is 16.5. The summed E-state index contributed by atoms with van der Waals surface area (Å²) < 4.78 is 5.12. The Bertz CT molecular complexity index is 650. The third-order valence-electron chi connectivity index (χ3n) is 4.27. The van der Waals surface area contributed by atoms with Gasteiger partial charge in [-0.3, -0.25) is 0 Å². The van der Waals surface area contributed by atoms with Gasteiger partial charge < -0.3 is 20.3 Å². The lowest BCUT2D eigenvalue weighted by Crippen LogP contribution is -2.44. The van der Waals surface area contributed by atoms with Crippen LogP contribution >= 0.6 is 0 Å². The van der Waals surface area contributed by atoms with Gasteiger partial charge in [0.1, 0.15) is 5.75 Å². The monoisotopic (exact) mass is 325 g/mol. The molecule has 0 unspecified atom stereocenters. The molecule has 3 rings (SSSR count). The molecule has 5 heteroatoms. The van der Waals surface area contributed by atoms with Crippen molar-refractivity contribution in [3.8, 4) is 5.75 Å². The van der Waals surface area contributed by atoms with Crippen LogP contribution < -0.4 is 15.4 Å². The summed E-state index contributed by atoms with van der Waals surface area (Å²) >= 11 is 0. The van der Waals surface area contributed by atoms with Crippen molar-refractivity contribution in [2.45, 2.75) is 18.9 Å². The van der Waals surface area contributed by atoms with Gasteiger partial charge >= 0.3 is 6.03 Å². The third-order valence-corrected chi connectivity index (χ3v) is 4.27. The number of ether oxygens (including phenoxy) is 1. The van der Waals surface area contributed by atoms with Crippen LogP contribution in [0.1, 0.15) is 12.8 Å². The Morgan fingerprint density at radius 3 is 2.29 bits per heavy atom. The second kappa shape index (κ2) is 7.73. The smallest absolute Gasteiger partial charge is 0.321 e. The SMILES string of the molecule is COc1ccc(NC(=O)N2CCC(Nc3ccccc3)CC2)cc1. The van der Waals surface area contributed by atoms with E-state index < -0.39 is 0 Å². The molecule has 2 aromatic rings. The summed E-state index contributed by atoms with van der Waals surface area (Å²) in [5.74, 6) is 0.779. The van der Waals surface area contributed by atoms with Crippen molar-refractivity contribution in [1.82, 2.24) is 4.90 Å². The second-order valence-electron chi connectivity index (χ2n) is 5.93. The van der Waals surface area contributed by atoms with E-state index >= 15 is 0 Å². The van der Waals surface area contributed by atoms with Crippen LogP contribution in [0.3, 0.4) is 0 Å². The lowest BCUT2D eigenvalue weighted by molar-refractivity contribution is 0.197. The lowest BCUT2D eigenvalue weighted by atomic mass is 10.0. The Morgan fingerprint density at radius 2 is 1.67 bits per heavy atom. The highest BCUT2D eigenvalue weighted by Crippen LogP contribution is 2.19. The Balaban J connectivity index is 1.47. The first-order valence-electron chi connectivity index (χ1n) is 8.26. The number of carbonyl (C=O) groups is 1. The average Bonchev–Trinajstić information content (AvgIpc) is 2.64. The molecule has 0 atom stereocenters. The molecule has 24 heavy (non-hydrogen) atoms. The number of rotatable bonds is 4. The predicted octanol–water partition coefficient (Wildman–Crippen LogP) is 3.80. The summed E-state index contributed by atoms with van der Waals surface area (Å²) in [6.45, 7) is 1.51. The fourth-order valence-electron chi connectivity index (χ4n) is 2.87. The number of piperidine rings is 1. The Labute approximate surface area is 142 Å². The van der Waals surface area contributed by atoms with Crippen molar-refractivity contribution in [1.29, 1.82) is 0 Å². The zero-order chi connectivity index (χ0) is 16.8. The third kappa shape index (κ3) is 4.19. The number of benzene rings is 2. The van der Waals surface area contributed by atoms with E-state index in [4.69, 9.17) is 4.74 Å². The van der Waals surface area contributed by atoms with Gasteiger partial charge in [0.05, 0.1) is 7.11 Å². The van der Waals surface area contributed by atoms with Crippen LogP contribution in [0.15, 0.2) is 54.6 Å². The molecule has 0 aromatic heterocycles. The highest BCUT2D eigenvalue weighted by molar-refractivity contribution is 5.89. The predicted molar refractivity (Wildman–Crippen MR) is 96.7 cm³/mol. The van der Waals surface area contributed by atoms with E-state index in [0.29, 0.717) is 6.04 Å². The zero-order valence-corrected chi connectivity index (χ0v) is 13.9. The normalized spacial score (nSPS) is 15.0. The van der Waals surface area contributed by atoms with Crippen LogP contribution in [0, 0.1) is 0 Å². The number of hydrogen-bond donors (Lipinski definition) is 2. The molecule has 2 aromatic carbocycles. The first kappa shape index (κ1) is 16.2. The molecule has 0 radical (unpaired) electrons. The summed E-state index contributed by atoms with van der Waals surface area (Å²) in [7, 11) is 1.63. The molecule has 0 bridgehead atoms. The number of amides is 2. The average molecular weight is 325 g/mol. The minimum absolute atomic E-state index is 0.0432. The Morgan fingerprint density at radius 1 is 1.00 bits per heavy atom. The molecule has 1 fully saturated rings. The Hall–Kier alpha value is -2.69. The first-order valence-corrected chi connectivity index (χ1v) is 8.26. The van der Waals surface area contributed by atoms with Crippen molar-refractivity contribution < 1.29 is 9.53 Å². The maximum absolute atomic E-state index is 12.4. The topological polar surface area (TPSA) is 53.6 Å². The number of methoxy groups -OCH3 is 1. The van der Waals surface area contributed by atoms with Crippen LogP contribution in [0.5, 0.6) is 5.75 Å². The fourth-order valence-corrected chi connectivity index (χ4v) is 2.87. The van der Waals surface area contributed by atoms with Crippen LogP contribution in [0.4, 0.5) is 16.2 Å². The fraction of sp³-hybridized carbons (Fsp3) is 0.316. The van der Waals surface area contributed by atoms with Gasteiger partial charge in [-0.25, -0.2) is 4.79 Å². The molecule has 0 aliphatic carbocycles. The van der Waals surface area contributed by atoms with Gasteiger partial charge in [-0.05, 0) is 49.2 Å². The van der Waals surface area contributed by atoms with Crippen molar-refractivity contribution in [2.75, 3.05) is 30.8 Å². The first-order chi connectivity index (χ1) is 11.7. The van der Waals surface area contributed by atoms with Gasteiger partial charge in [0.2, 0.25) is 0 Å². The summed E-state index contributed by atoms with van der Waals surface area (Å²) in [6, 6.07) is 18.0. The van der Waals surface area contributed by atoms with E-state index in [1.54, 1.807) is 7.11 Å². The van der Waals surface area contributed by atoms with E-state index in [-0.39, 0.29) is 6.03 Å². The molecular formula is C19H23N3O2. The molecule has 1 saturated heterocycles. The summed E-state index contributed by atoms with van der Waals surface area (Å²) in [5, 5.41) is 6.47. The number of carbonyl (C=O) groups excluding carboxylic acids is 1. The van der Waals surface area contributed by atoms with Gasteiger partial charge in [-0.1, -0.05) is 18.2 Å². The number of urea groups is 1. The van der Waals surface area contributed by atoms with E-state index in [0.717, 1.165) is 43.1 Å². The molecule has 5 nitrogen and oxygen atoms in total. The van der Waals surface area contributed by atoms with Crippen LogP contribution in [0.25, 0.3) is 0 Å². The van der Waals surface area contributed by atoms with Crippen LogP contribution in [0.2, 0.25) is 0 Å². The Kier molecular flexibility index (Phi) is 5.21. The number of hydrogen-bond acceptors (Lipinski definition) is 3. The lowest BCUT2D eigenvalue weighted by Gasteiger charge is -2.33. The number of anilines is 2. The van der Waals surface area contributed by atoms with E-state index in [2.05, 4.69) is 22.8 Å². The molecule has 2 amide bonds. The molecule has 0 saturated carbocycles. The van der Waals surface area contributed by atoms with E-state index in [1.165, 1.54) is 0 Å². The van der Waals surface area contributed by atoms with E-state index in [9.17, 15) is 4.79 Å². The second-order valence-corrected chi connectivity index (χ2v) is 5.93. The molecule has 126 valence electrons. The van der Waals surface area contributed by atoms with Gasteiger partial charge in [0.25, 0.3) is 0 Å². The van der Waals surface area contributed by atoms with Gasteiger partial charge in [-0.15, -0.1) is 0 Å².